The van der Waals surface area contributed by atoms with E-state index < -0.39 is 0 Å². The van der Waals surface area contributed by atoms with Crippen LogP contribution < -0.4 is 0 Å². The summed E-state index contributed by atoms with van der Waals surface area (Å²) in [4.78, 5) is 5.22. The van der Waals surface area contributed by atoms with Crippen LogP contribution in [0.3, 0.4) is 0 Å². The summed E-state index contributed by atoms with van der Waals surface area (Å²) in [5.41, 5.74) is 2.45. The number of nitriles is 1. The topological polar surface area (TPSA) is 36.7 Å². The van der Waals surface area contributed by atoms with Crippen LogP contribution in [0, 0.1) is 18.3 Å². The maximum Gasteiger partial charge on any atom is 0.102 e. The summed E-state index contributed by atoms with van der Waals surface area (Å²) in [5, 5.41) is 11.0. The molecular weight excluding hydrogens is 192 g/mol. The molecule has 0 radical (unpaired) electrons. The lowest BCUT2D eigenvalue weighted by Gasteiger charge is -2.02. The molecule has 2 aromatic heterocycles. The standard InChI is InChI=1S/C11H8N2S/c1-8-10(7-12)9(4-5-13-8)11-3-2-6-14-11/h2-6H,1H3. The average Bonchev–Trinajstić information content (AvgIpc) is 2.70. The number of hydrogen-bond acceptors (Lipinski definition) is 3. The monoisotopic (exact) mass is 200 g/mol. The van der Waals surface area contributed by atoms with E-state index in [1.807, 2.05) is 30.5 Å². The van der Waals surface area contributed by atoms with Crippen LogP contribution in [0.25, 0.3) is 10.4 Å². The molecule has 0 amide bonds. The fourth-order valence-corrected chi connectivity index (χ4v) is 2.10. The van der Waals surface area contributed by atoms with Crippen LogP contribution in [0.2, 0.25) is 0 Å². The molecule has 0 spiro atoms. The highest BCUT2D eigenvalue weighted by molar-refractivity contribution is 7.13. The molecule has 2 aromatic rings. The van der Waals surface area contributed by atoms with Crippen molar-refractivity contribution in [3.63, 3.8) is 0 Å². The molecule has 0 fully saturated rings. The predicted octanol–water partition coefficient (Wildman–Crippen LogP) is 2.99. The molecule has 0 atom stereocenters. The Hall–Kier alpha value is -1.66. The molecule has 0 unspecified atom stereocenters. The number of thiophene rings is 1. The zero-order valence-electron chi connectivity index (χ0n) is 7.69. The van der Waals surface area contributed by atoms with Gasteiger partial charge in [-0.25, -0.2) is 0 Å². The van der Waals surface area contributed by atoms with E-state index in [0.717, 1.165) is 16.1 Å². The van der Waals surface area contributed by atoms with E-state index >= 15 is 0 Å². The molecule has 0 N–H and O–H groups in total. The Morgan fingerprint density at radius 1 is 1.43 bits per heavy atom. The van der Waals surface area contributed by atoms with Crippen molar-refractivity contribution in [1.82, 2.24) is 4.98 Å². The Bertz CT molecular complexity index is 480. The molecule has 0 aromatic carbocycles. The van der Waals surface area contributed by atoms with Crippen molar-refractivity contribution in [2.24, 2.45) is 0 Å². The zero-order valence-corrected chi connectivity index (χ0v) is 8.51. The second-order valence-corrected chi connectivity index (χ2v) is 3.86. The third-order valence-corrected chi connectivity index (χ3v) is 2.94. The molecule has 2 nitrogen and oxygen atoms in total. The Morgan fingerprint density at radius 2 is 2.29 bits per heavy atom. The minimum Gasteiger partial charge on any atom is -0.260 e. The highest BCUT2D eigenvalue weighted by atomic mass is 32.1. The fraction of sp³-hybridized carbons (Fsp3) is 0.0909. The Balaban J connectivity index is 2.66. The van der Waals surface area contributed by atoms with Gasteiger partial charge in [0.15, 0.2) is 0 Å². The third-order valence-electron chi connectivity index (χ3n) is 2.04. The Kier molecular flexibility index (Phi) is 2.30. The quantitative estimate of drug-likeness (QED) is 0.709. The van der Waals surface area contributed by atoms with Gasteiger partial charge < -0.3 is 0 Å². The van der Waals surface area contributed by atoms with Crippen molar-refractivity contribution < 1.29 is 0 Å². The molecule has 0 saturated heterocycles. The number of nitrogens with zero attached hydrogens (tertiary/aromatic N) is 2. The molecule has 0 aliphatic rings. The van der Waals surface area contributed by atoms with E-state index in [9.17, 15) is 0 Å². The van der Waals surface area contributed by atoms with Crippen LogP contribution in [-0.4, -0.2) is 4.98 Å². The maximum absolute atomic E-state index is 9.01. The van der Waals surface area contributed by atoms with Crippen molar-refractivity contribution >= 4 is 11.3 Å². The van der Waals surface area contributed by atoms with Crippen LogP contribution in [0.15, 0.2) is 29.8 Å². The first-order valence-corrected chi connectivity index (χ1v) is 5.10. The molecular formula is C11H8N2S. The van der Waals surface area contributed by atoms with E-state index in [1.54, 1.807) is 17.5 Å². The van der Waals surface area contributed by atoms with Gasteiger partial charge >= 0.3 is 0 Å². The zero-order chi connectivity index (χ0) is 9.97. The van der Waals surface area contributed by atoms with Gasteiger partial charge in [-0.3, -0.25) is 4.98 Å². The van der Waals surface area contributed by atoms with E-state index in [2.05, 4.69) is 11.1 Å². The van der Waals surface area contributed by atoms with Gasteiger partial charge in [0.2, 0.25) is 0 Å². The molecule has 0 aliphatic carbocycles. The summed E-state index contributed by atoms with van der Waals surface area (Å²) in [5.74, 6) is 0. The van der Waals surface area contributed by atoms with Crippen molar-refractivity contribution in [2.45, 2.75) is 6.92 Å². The highest BCUT2D eigenvalue weighted by Crippen LogP contribution is 2.28. The molecule has 3 heteroatoms. The Labute approximate surface area is 86.5 Å². The van der Waals surface area contributed by atoms with Crippen molar-refractivity contribution in [3.8, 4) is 16.5 Å². The summed E-state index contributed by atoms with van der Waals surface area (Å²) < 4.78 is 0. The lowest BCUT2D eigenvalue weighted by Crippen LogP contribution is -1.89. The second kappa shape index (κ2) is 3.60. The van der Waals surface area contributed by atoms with Crippen molar-refractivity contribution in [1.29, 1.82) is 5.26 Å². The van der Waals surface area contributed by atoms with Gasteiger partial charge in [0.25, 0.3) is 0 Å². The van der Waals surface area contributed by atoms with E-state index in [4.69, 9.17) is 5.26 Å². The van der Waals surface area contributed by atoms with Crippen LogP contribution in [0.4, 0.5) is 0 Å². The van der Waals surface area contributed by atoms with Gasteiger partial charge in [-0.2, -0.15) is 5.26 Å². The number of hydrogen-bond donors (Lipinski definition) is 0. The van der Waals surface area contributed by atoms with Crippen molar-refractivity contribution in [2.75, 3.05) is 0 Å². The van der Waals surface area contributed by atoms with E-state index in [0.29, 0.717) is 5.56 Å². The summed E-state index contributed by atoms with van der Waals surface area (Å²) in [6, 6.07) is 8.08. The minimum absolute atomic E-state index is 0.676. The van der Waals surface area contributed by atoms with Gasteiger partial charge in [-0.15, -0.1) is 11.3 Å². The molecule has 0 aliphatic heterocycles. The minimum atomic E-state index is 0.676. The molecule has 14 heavy (non-hydrogen) atoms. The normalized spacial score (nSPS) is 9.71. The van der Waals surface area contributed by atoms with Crippen LogP contribution in [0.5, 0.6) is 0 Å². The maximum atomic E-state index is 9.01. The van der Waals surface area contributed by atoms with Crippen LogP contribution >= 0.6 is 11.3 Å². The van der Waals surface area contributed by atoms with Crippen molar-refractivity contribution in [3.05, 3.63) is 41.0 Å². The van der Waals surface area contributed by atoms with Gasteiger partial charge in [0.05, 0.1) is 11.3 Å². The first-order chi connectivity index (χ1) is 6.83. The van der Waals surface area contributed by atoms with E-state index in [-0.39, 0.29) is 0 Å². The summed E-state index contributed by atoms with van der Waals surface area (Å²) in [6.07, 6.45) is 1.74. The van der Waals surface area contributed by atoms with Crippen LogP contribution in [-0.2, 0) is 0 Å². The average molecular weight is 200 g/mol. The molecule has 68 valence electrons. The molecule has 2 heterocycles. The lowest BCUT2D eigenvalue weighted by atomic mass is 10.1. The number of aromatic nitrogens is 1. The highest BCUT2D eigenvalue weighted by Gasteiger charge is 2.08. The predicted molar refractivity (Wildman–Crippen MR) is 57.0 cm³/mol. The Morgan fingerprint density at radius 3 is 2.93 bits per heavy atom. The number of pyridine rings is 1. The molecule has 0 bridgehead atoms. The summed E-state index contributed by atoms with van der Waals surface area (Å²) in [6.45, 7) is 1.86. The summed E-state index contributed by atoms with van der Waals surface area (Å²) in [7, 11) is 0. The molecule has 0 saturated carbocycles. The fourth-order valence-electron chi connectivity index (χ4n) is 1.34. The molecule has 2 rings (SSSR count). The smallest absolute Gasteiger partial charge is 0.102 e. The van der Waals surface area contributed by atoms with Gasteiger partial charge in [0, 0.05) is 16.6 Å². The first kappa shape index (κ1) is 8.92. The number of rotatable bonds is 1. The SMILES string of the molecule is Cc1nccc(-c2cccs2)c1C#N. The first-order valence-electron chi connectivity index (χ1n) is 4.22. The largest absolute Gasteiger partial charge is 0.260 e. The summed E-state index contributed by atoms with van der Waals surface area (Å²) >= 11 is 1.64. The van der Waals surface area contributed by atoms with Crippen LogP contribution in [0.1, 0.15) is 11.3 Å². The van der Waals surface area contributed by atoms with Gasteiger partial charge in [0.1, 0.15) is 6.07 Å². The second-order valence-electron chi connectivity index (χ2n) is 2.91. The van der Waals surface area contributed by atoms with E-state index in [1.165, 1.54) is 0 Å². The number of aryl methyl sites for hydroxylation is 1. The van der Waals surface area contributed by atoms with Gasteiger partial charge in [-0.05, 0) is 24.4 Å². The van der Waals surface area contributed by atoms with Gasteiger partial charge in [-0.1, -0.05) is 6.07 Å². The third kappa shape index (κ3) is 1.40. The lowest BCUT2D eigenvalue weighted by molar-refractivity contribution is 1.18.